The summed E-state index contributed by atoms with van der Waals surface area (Å²) in [6.07, 6.45) is 1.81. The molecule has 0 spiro atoms. The summed E-state index contributed by atoms with van der Waals surface area (Å²) in [6, 6.07) is 15.3. The van der Waals surface area contributed by atoms with Crippen molar-refractivity contribution >= 4 is 45.2 Å². The van der Waals surface area contributed by atoms with Crippen LogP contribution in [0.1, 0.15) is 11.1 Å². The number of thioether (sulfide) groups is 1. The first-order valence-electron chi connectivity index (χ1n) is 7.81. The smallest absolute Gasteiger partial charge is 0.336 e. The molecule has 0 bridgehead atoms. The molecular weight excluding hydrogens is 354 g/mol. The Morgan fingerprint density at radius 3 is 2.84 bits per heavy atom. The van der Waals surface area contributed by atoms with Crippen LogP contribution in [0.2, 0.25) is 5.02 Å². The Morgan fingerprint density at radius 1 is 1.12 bits per heavy atom. The van der Waals surface area contributed by atoms with Gasteiger partial charge >= 0.3 is 5.63 Å². The summed E-state index contributed by atoms with van der Waals surface area (Å²) < 4.78 is 5.33. The van der Waals surface area contributed by atoms with Gasteiger partial charge in [-0.1, -0.05) is 29.8 Å². The van der Waals surface area contributed by atoms with Crippen molar-refractivity contribution in [3.05, 3.63) is 81.3 Å². The van der Waals surface area contributed by atoms with Crippen LogP contribution in [0.4, 0.5) is 0 Å². The van der Waals surface area contributed by atoms with E-state index in [1.165, 1.54) is 0 Å². The number of benzene rings is 2. The highest BCUT2D eigenvalue weighted by Gasteiger charge is 2.10. The fraction of sp³-hybridized carbons (Fsp3) is 0.100. The number of aromatic nitrogens is 1. The zero-order valence-corrected chi connectivity index (χ0v) is 15.0. The van der Waals surface area contributed by atoms with Gasteiger partial charge < -0.3 is 4.42 Å². The number of fused-ring (bicyclic) bond motifs is 2. The van der Waals surface area contributed by atoms with E-state index >= 15 is 0 Å². The maximum Gasteiger partial charge on any atom is 0.336 e. The van der Waals surface area contributed by atoms with Crippen LogP contribution < -0.4 is 5.63 Å². The summed E-state index contributed by atoms with van der Waals surface area (Å²) in [5, 5.41) is 2.65. The summed E-state index contributed by atoms with van der Waals surface area (Å²) >= 11 is 7.93. The Hall–Kier alpha value is -2.30. The summed E-state index contributed by atoms with van der Waals surface area (Å²) in [5.41, 5.74) is 3.00. The second-order valence-electron chi connectivity index (χ2n) is 5.80. The molecule has 0 aliphatic heterocycles. The van der Waals surface area contributed by atoms with E-state index in [-0.39, 0.29) is 5.63 Å². The van der Waals surface area contributed by atoms with Crippen LogP contribution in [0.3, 0.4) is 0 Å². The van der Waals surface area contributed by atoms with Crippen LogP contribution in [0.25, 0.3) is 21.9 Å². The molecule has 3 nitrogen and oxygen atoms in total. The standard InChI is InChI=1S/C20H14ClNO2S/c1-12-8-18-15(10-16(12)21)13(9-20(23)24-18)11-25-19-6-7-22-17-5-3-2-4-14(17)19/h2-10H,11H2,1H3. The van der Waals surface area contributed by atoms with E-state index in [4.69, 9.17) is 16.0 Å². The van der Waals surface area contributed by atoms with Gasteiger partial charge in [-0.25, -0.2) is 4.79 Å². The molecule has 2 heterocycles. The molecule has 0 amide bonds. The zero-order valence-electron chi connectivity index (χ0n) is 13.5. The van der Waals surface area contributed by atoms with Crippen molar-refractivity contribution in [3.63, 3.8) is 0 Å². The number of halogens is 1. The number of para-hydroxylation sites is 1. The maximum atomic E-state index is 11.9. The van der Waals surface area contributed by atoms with Gasteiger partial charge in [0.05, 0.1) is 5.52 Å². The largest absolute Gasteiger partial charge is 0.423 e. The van der Waals surface area contributed by atoms with E-state index in [2.05, 4.69) is 11.1 Å². The van der Waals surface area contributed by atoms with Gasteiger partial charge in [-0.05, 0) is 42.3 Å². The number of nitrogens with zero attached hydrogens (tertiary/aromatic N) is 1. The molecule has 0 saturated heterocycles. The van der Waals surface area contributed by atoms with E-state index < -0.39 is 0 Å². The highest BCUT2D eigenvalue weighted by molar-refractivity contribution is 7.98. The first-order valence-corrected chi connectivity index (χ1v) is 9.17. The molecule has 2 aromatic carbocycles. The number of hydrogen-bond donors (Lipinski definition) is 0. The van der Waals surface area contributed by atoms with E-state index in [0.717, 1.165) is 32.3 Å². The molecular formula is C20H14ClNO2S. The van der Waals surface area contributed by atoms with Gasteiger partial charge in [-0.15, -0.1) is 11.8 Å². The summed E-state index contributed by atoms with van der Waals surface area (Å²) in [6.45, 7) is 1.90. The SMILES string of the molecule is Cc1cc2oc(=O)cc(CSc3ccnc4ccccc34)c2cc1Cl. The molecule has 0 unspecified atom stereocenters. The number of rotatable bonds is 3. The second kappa shape index (κ2) is 6.54. The van der Waals surface area contributed by atoms with Gasteiger partial charge in [0.2, 0.25) is 0 Å². The van der Waals surface area contributed by atoms with Gasteiger partial charge in [0.1, 0.15) is 5.58 Å². The van der Waals surface area contributed by atoms with E-state index in [1.807, 2.05) is 49.5 Å². The minimum atomic E-state index is -0.343. The predicted molar refractivity (Wildman–Crippen MR) is 104 cm³/mol. The number of hydrogen-bond acceptors (Lipinski definition) is 4. The fourth-order valence-corrected chi connectivity index (χ4v) is 4.02. The summed E-state index contributed by atoms with van der Waals surface area (Å²) in [4.78, 5) is 17.4. The van der Waals surface area contributed by atoms with Crippen LogP contribution >= 0.6 is 23.4 Å². The van der Waals surface area contributed by atoms with Gasteiger partial charge in [-0.3, -0.25) is 4.98 Å². The van der Waals surface area contributed by atoms with Crippen LogP contribution in [-0.2, 0) is 5.75 Å². The molecule has 5 heteroatoms. The molecule has 4 rings (SSSR count). The average molecular weight is 368 g/mol. The van der Waals surface area contributed by atoms with E-state index in [9.17, 15) is 4.79 Å². The highest BCUT2D eigenvalue weighted by atomic mass is 35.5. The highest BCUT2D eigenvalue weighted by Crippen LogP contribution is 2.32. The molecule has 0 aliphatic carbocycles. The van der Waals surface area contributed by atoms with Crippen LogP contribution in [0, 0.1) is 6.92 Å². The maximum absolute atomic E-state index is 11.9. The lowest BCUT2D eigenvalue weighted by Crippen LogP contribution is -2.00. The van der Waals surface area contributed by atoms with Crippen molar-refractivity contribution < 1.29 is 4.42 Å². The molecule has 4 aromatic rings. The van der Waals surface area contributed by atoms with Crippen LogP contribution in [0.15, 0.2) is 68.8 Å². The van der Waals surface area contributed by atoms with Crippen molar-refractivity contribution in [2.24, 2.45) is 0 Å². The topological polar surface area (TPSA) is 43.1 Å². The predicted octanol–water partition coefficient (Wildman–Crippen LogP) is 5.60. The fourth-order valence-electron chi connectivity index (χ4n) is 2.82. The normalized spacial score (nSPS) is 11.3. The first kappa shape index (κ1) is 16.2. The third-order valence-corrected chi connectivity index (χ3v) is 5.63. The Kier molecular flexibility index (Phi) is 4.24. The minimum absolute atomic E-state index is 0.343. The number of aryl methyl sites for hydroxylation is 1. The van der Waals surface area contributed by atoms with Gasteiger partial charge in [0.15, 0.2) is 0 Å². The molecule has 0 atom stereocenters. The molecule has 0 N–H and O–H groups in total. The lowest BCUT2D eigenvalue weighted by molar-refractivity contribution is 0.559. The molecule has 124 valence electrons. The third-order valence-electron chi connectivity index (χ3n) is 4.10. The average Bonchev–Trinajstić information content (AvgIpc) is 2.61. The van der Waals surface area contributed by atoms with Crippen LogP contribution in [-0.4, -0.2) is 4.98 Å². The third kappa shape index (κ3) is 3.15. The molecule has 2 aromatic heterocycles. The Labute approximate surface area is 153 Å². The van der Waals surface area contributed by atoms with Crippen LogP contribution in [0.5, 0.6) is 0 Å². The monoisotopic (exact) mass is 367 g/mol. The van der Waals surface area contributed by atoms with Gasteiger partial charge in [-0.2, -0.15) is 0 Å². The zero-order chi connectivity index (χ0) is 17.4. The molecule has 0 saturated carbocycles. The lowest BCUT2D eigenvalue weighted by Gasteiger charge is -2.09. The quantitative estimate of drug-likeness (QED) is 0.349. The minimum Gasteiger partial charge on any atom is -0.423 e. The summed E-state index contributed by atoms with van der Waals surface area (Å²) in [7, 11) is 0. The Balaban J connectivity index is 1.76. The molecule has 0 radical (unpaired) electrons. The molecule has 25 heavy (non-hydrogen) atoms. The number of pyridine rings is 1. The Morgan fingerprint density at radius 2 is 1.96 bits per heavy atom. The Bertz CT molecular complexity index is 1150. The first-order chi connectivity index (χ1) is 12.1. The lowest BCUT2D eigenvalue weighted by atomic mass is 10.1. The second-order valence-corrected chi connectivity index (χ2v) is 7.23. The van der Waals surface area contributed by atoms with Gasteiger partial charge in [0.25, 0.3) is 0 Å². The van der Waals surface area contributed by atoms with Crippen molar-refractivity contribution in [1.29, 1.82) is 0 Å². The summed E-state index contributed by atoms with van der Waals surface area (Å²) in [5.74, 6) is 0.648. The van der Waals surface area contributed by atoms with Crippen molar-refractivity contribution in [1.82, 2.24) is 4.98 Å². The van der Waals surface area contributed by atoms with Crippen molar-refractivity contribution in [2.75, 3.05) is 0 Å². The van der Waals surface area contributed by atoms with Crippen molar-refractivity contribution in [3.8, 4) is 0 Å². The molecule has 0 fully saturated rings. The van der Waals surface area contributed by atoms with E-state index in [0.29, 0.717) is 16.4 Å². The van der Waals surface area contributed by atoms with Gasteiger partial charge in [0, 0.05) is 38.7 Å². The van der Waals surface area contributed by atoms with Crippen molar-refractivity contribution in [2.45, 2.75) is 17.6 Å². The molecule has 0 aliphatic rings. The van der Waals surface area contributed by atoms with E-state index in [1.54, 1.807) is 17.8 Å².